The minimum atomic E-state index is -0.279. The Balaban J connectivity index is 1.35. The number of nitrogens with two attached hydrogens (primary N) is 1. The van der Waals surface area contributed by atoms with E-state index in [1.165, 1.54) is 0 Å². The number of hydrogen-bond donors (Lipinski definition) is 1. The zero-order valence-electron chi connectivity index (χ0n) is 17.8. The van der Waals surface area contributed by atoms with Gasteiger partial charge in [-0.25, -0.2) is 4.79 Å². The van der Waals surface area contributed by atoms with Gasteiger partial charge in [0, 0.05) is 43.0 Å². The van der Waals surface area contributed by atoms with E-state index in [0.717, 1.165) is 0 Å². The Labute approximate surface area is 187 Å². The molecule has 9 heteroatoms. The Bertz CT molecular complexity index is 863. The molecule has 0 aromatic heterocycles. The van der Waals surface area contributed by atoms with Gasteiger partial charge < -0.3 is 20.3 Å². The first-order valence-corrected chi connectivity index (χ1v) is 11.3. The summed E-state index contributed by atoms with van der Waals surface area (Å²) in [4.78, 5) is 42.9. The van der Waals surface area contributed by atoms with Gasteiger partial charge in [-0.2, -0.15) is 0 Å². The lowest BCUT2D eigenvalue weighted by atomic mass is 9.92. The van der Waals surface area contributed by atoms with Crippen LogP contribution in [0, 0.1) is 11.8 Å². The van der Waals surface area contributed by atoms with Crippen molar-refractivity contribution in [2.45, 2.75) is 38.7 Å². The van der Waals surface area contributed by atoms with Crippen LogP contribution in [0.2, 0.25) is 5.02 Å². The number of carbonyl (C=O) groups excluding carboxylic acids is 3. The zero-order valence-corrected chi connectivity index (χ0v) is 18.5. The van der Waals surface area contributed by atoms with Crippen LogP contribution in [0.5, 0.6) is 5.75 Å². The molecule has 1 aromatic carbocycles. The summed E-state index contributed by atoms with van der Waals surface area (Å²) in [6.07, 6.45) is 2.44. The summed E-state index contributed by atoms with van der Waals surface area (Å²) in [6.45, 7) is 4.62. The number of halogens is 1. The summed E-state index contributed by atoms with van der Waals surface area (Å²) in [5.41, 5.74) is 6.07. The Morgan fingerprint density at radius 2 is 1.61 bits per heavy atom. The summed E-state index contributed by atoms with van der Waals surface area (Å²) in [7, 11) is 0. The first-order chi connectivity index (χ1) is 14.8. The quantitative estimate of drug-likeness (QED) is 0.751. The lowest BCUT2D eigenvalue weighted by molar-refractivity contribution is -0.139. The number of ether oxygens (including phenoxy) is 1. The molecular weight excluding hydrogens is 420 g/mol. The minimum Gasteiger partial charge on any atom is -0.487 e. The second-order valence-electron chi connectivity index (χ2n) is 8.70. The number of carbonyl (C=O) groups is 3. The fraction of sp³-hybridized carbons (Fsp3) is 0.591. The minimum absolute atomic E-state index is 0.0770. The molecule has 0 bridgehead atoms. The van der Waals surface area contributed by atoms with Crippen LogP contribution in [0.25, 0.3) is 0 Å². The summed E-state index contributed by atoms with van der Waals surface area (Å²) in [5.74, 6) is 0.294. The monoisotopic (exact) mass is 448 g/mol. The topological polar surface area (TPSA) is 96.2 Å². The highest BCUT2D eigenvalue weighted by molar-refractivity contribution is 6.31. The van der Waals surface area contributed by atoms with Crippen LogP contribution in [-0.2, 0) is 9.59 Å². The molecule has 1 aromatic rings. The molecule has 0 spiro atoms. The van der Waals surface area contributed by atoms with Gasteiger partial charge in [-0.3, -0.25) is 14.5 Å². The maximum Gasteiger partial charge on any atom is 0.324 e. The van der Waals surface area contributed by atoms with Gasteiger partial charge in [0.05, 0.1) is 12.2 Å². The van der Waals surface area contributed by atoms with Crippen molar-refractivity contribution in [3.05, 3.63) is 23.2 Å². The summed E-state index contributed by atoms with van der Waals surface area (Å²) < 4.78 is 5.84. The molecule has 0 unspecified atom stereocenters. The number of benzene rings is 1. The molecule has 168 valence electrons. The zero-order chi connectivity index (χ0) is 22.1. The van der Waals surface area contributed by atoms with Crippen molar-refractivity contribution >= 4 is 35.1 Å². The summed E-state index contributed by atoms with van der Waals surface area (Å²) >= 11 is 6.15. The number of rotatable bonds is 2. The van der Waals surface area contributed by atoms with Gasteiger partial charge in [-0.1, -0.05) is 11.6 Å². The van der Waals surface area contributed by atoms with Crippen molar-refractivity contribution in [3.8, 4) is 5.75 Å². The van der Waals surface area contributed by atoms with Gasteiger partial charge in [-0.05, 0) is 50.8 Å². The number of amides is 4. The molecule has 2 saturated heterocycles. The van der Waals surface area contributed by atoms with E-state index in [0.29, 0.717) is 74.9 Å². The smallest absolute Gasteiger partial charge is 0.324 e. The highest BCUT2D eigenvalue weighted by Crippen LogP contribution is 2.36. The van der Waals surface area contributed by atoms with E-state index in [-0.39, 0.29) is 35.8 Å². The normalized spacial score (nSPS) is 22.6. The van der Waals surface area contributed by atoms with Gasteiger partial charge in [0.15, 0.2) is 0 Å². The van der Waals surface area contributed by atoms with Crippen molar-refractivity contribution in [1.29, 1.82) is 0 Å². The van der Waals surface area contributed by atoms with E-state index in [2.05, 4.69) is 0 Å². The van der Waals surface area contributed by atoms with Crippen LogP contribution in [0.1, 0.15) is 32.6 Å². The number of fused-ring (bicyclic) bond motifs is 1. The van der Waals surface area contributed by atoms with Crippen molar-refractivity contribution < 1.29 is 19.1 Å². The van der Waals surface area contributed by atoms with Crippen LogP contribution in [-0.4, -0.2) is 66.5 Å². The van der Waals surface area contributed by atoms with E-state index < -0.39 is 0 Å². The van der Waals surface area contributed by atoms with Crippen LogP contribution >= 0.6 is 11.6 Å². The van der Waals surface area contributed by atoms with E-state index in [1.807, 2.05) is 16.7 Å². The Morgan fingerprint density at radius 3 is 2.26 bits per heavy atom. The van der Waals surface area contributed by atoms with Gasteiger partial charge in [0.1, 0.15) is 11.9 Å². The van der Waals surface area contributed by atoms with Crippen molar-refractivity contribution in [2.24, 2.45) is 17.6 Å². The second-order valence-corrected chi connectivity index (χ2v) is 9.13. The van der Waals surface area contributed by atoms with Crippen molar-refractivity contribution in [3.63, 3.8) is 0 Å². The predicted octanol–water partition coefficient (Wildman–Crippen LogP) is 2.48. The molecule has 8 nitrogen and oxygen atoms in total. The molecule has 2 N–H and O–H groups in total. The fourth-order valence-electron chi connectivity index (χ4n) is 4.72. The SMILES string of the molecule is C[C@H]1CN(C(=O)N2CCC(C(=O)N3CCC(C(N)=O)CC3)CC2)c2cc(Cl)ccc2O1. The van der Waals surface area contributed by atoms with Crippen LogP contribution in [0.4, 0.5) is 10.5 Å². The molecule has 0 saturated carbocycles. The lowest BCUT2D eigenvalue weighted by Crippen LogP contribution is -2.52. The first kappa shape index (κ1) is 21.7. The van der Waals surface area contributed by atoms with Gasteiger partial charge in [0.2, 0.25) is 11.8 Å². The molecular formula is C22H29ClN4O4. The predicted molar refractivity (Wildman–Crippen MR) is 117 cm³/mol. The molecule has 0 radical (unpaired) electrons. The maximum absolute atomic E-state index is 13.3. The molecule has 4 amide bonds. The number of nitrogens with zero attached hydrogens (tertiary/aromatic N) is 3. The van der Waals surface area contributed by atoms with Crippen LogP contribution in [0.15, 0.2) is 18.2 Å². The van der Waals surface area contributed by atoms with Crippen LogP contribution in [0.3, 0.4) is 0 Å². The number of likely N-dealkylation sites (tertiary alicyclic amines) is 2. The van der Waals surface area contributed by atoms with E-state index in [9.17, 15) is 14.4 Å². The Kier molecular flexibility index (Phi) is 6.27. The highest BCUT2D eigenvalue weighted by Gasteiger charge is 2.36. The average Bonchev–Trinajstić information content (AvgIpc) is 2.78. The third-order valence-corrected chi connectivity index (χ3v) is 6.77. The molecule has 3 heterocycles. The molecule has 3 aliphatic rings. The number of piperidine rings is 2. The molecule has 1 atom stereocenters. The Hall–Kier alpha value is -2.48. The lowest BCUT2D eigenvalue weighted by Gasteiger charge is -2.40. The van der Waals surface area contributed by atoms with E-state index in [4.69, 9.17) is 22.1 Å². The number of hydrogen-bond acceptors (Lipinski definition) is 4. The van der Waals surface area contributed by atoms with Gasteiger partial charge in [-0.15, -0.1) is 0 Å². The molecule has 4 rings (SSSR count). The first-order valence-electron chi connectivity index (χ1n) is 10.9. The highest BCUT2D eigenvalue weighted by atomic mass is 35.5. The number of primary amides is 1. The van der Waals surface area contributed by atoms with E-state index >= 15 is 0 Å². The summed E-state index contributed by atoms with van der Waals surface area (Å²) in [6, 6.07) is 5.23. The number of anilines is 1. The molecule has 3 aliphatic heterocycles. The molecule has 31 heavy (non-hydrogen) atoms. The van der Waals surface area contributed by atoms with Gasteiger partial charge >= 0.3 is 6.03 Å². The molecule has 2 fully saturated rings. The van der Waals surface area contributed by atoms with Crippen molar-refractivity contribution in [1.82, 2.24) is 9.80 Å². The fourth-order valence-corrected chi connectivity index (χ4v) is 4.89. The van der Waals surface area contributed by atoms with Crippen LogP contribution < -0.4 is 15.4 Å². The third kappa shape index (κ3) is 4.59. The molecule has 0 aliphatic carbocycles. The second kappa shape index (κ2) is 8.94. The Morgan fingerprint density at radius 1 is 1.00 bits per heavy atom. The largest absolute Gasteiger partial charge is 0.487 e. The standard InChI is InChI=1S/C22H29ClN4O4/c1-14-13-27(18-12-17(23)2-3-19(18)31-14)22(30)26-10-6-16(7-11-26)21(29)25-8-4-15(5-9-25)20(24)28/h2-3,12,14-16H,4-11,13H2,1H3,(H2,24,28)/t14-/m0/s1. The van der Waals surface area contributed by atoms with Gasteiger partial charge in [0.25, 0.3) is 0 Å². The van der Waals surface area contributed by atoms with Crippen molar-refractivity contribution in [2.75, 3.05) is 37.6 Å². The summed E-state index contributed by atoms with van der Waals surface area (Å²) in [5, 5.41) is 0.555. The third-order valence-electron chi connectivity index (χ3n) is 6.53. The number of urea groups is 1. The maximum atomic E-state index is 13.3. The average molecular weight is 449 g/mol. The van der Waals surface area contributed by atoms with E-state index in [1.54, 1.807) is 23.1 Å².